The van der Waals surface area contributed by atoms with E-state index in [1.165, 1.54) is 59.9 Å². The van der Waals surface area contributed by atoms with Crippen LogP contribution in [0.4, 0.5) is 0 Å². The Bertz CT molecular complexity index is 941. The van der Waals surface area contributed by atoms with Gasteiger partial charge in [0.1, 0.15) is 0 Å². The first-order valence-electron chi connectivity index (χ1n) is 12.6. The molecule has 1 saturated heterocycles. The van der Waals surface area contributed by atoms with Crippen LogP contribution in [-0.2, 0) is 17.8 Å². The van der Waals surface area contributed by atoms with Gasteiger partial charge in [-0.2, -0.15) is 0 Å². The Morgan fingerprint density at radius 1 is 0.875 bits per heavy atom. The first-order valence-corrected chi connectivity index (χ1v) is 12.6. The fourth-order valence-corrected chi connectivity index (χ4v) is 5.82. The van der Waals surface area contributed by atoms with Crippen molar-refractivity contribution in [3.05, 3.63) is 59.2 Å². The summed E-state index contributed by atoms with van der Waals surface area (Å²) in [6, 6.07) is 16.4. The van der Waals surface area contributed by atoms with Gasteiger partial charge in [0, 0.05) is 45.3 Å². The maximum atomic E-state index is 13.0. The van der Waals surface area contributed by atoms with Gasteiger partial charge < -0.3 is 4.90 Å². The lowest BCUT2D eigenvalue weighted by Crippen LogP contribution is -2.54. The average molecular weight is 432 g/mol. The summed E-state index contributed by atoms with van der Waals surface area (Å²) in [5.74, 6) is 0.313. The predicted octanol–water partition coefficient (Wildman–Crippen LogP) is 4.50. The van der Waals surface area contributed by atoms with Gasteiger partial charge in [-0.25, -0.2) is 0 Å². The molecule has 2 aromatic rings. The molecule has 4 heteroatoms. The van der Waals surface area contributed by atoms with Crippen molar-refractivity contribution in [3.8, 4) is 11.1 Å². The topological polar surface area (TPSA) is 26.8 Å². The van der Waals surface area contributed by atoms with Crippen molar-refractivity contribution in [1.29, 1.82) is 0 Å². The number of fused-ring (bicyclic) bond motifs is 1. The van der Waals surface area contributed by atoms with Crippen molar-refractivity contribution in [2.75, 3.05) is 39.3 Å². The third kappa shape index (κ3) is 4.92. The number of carbonyl (C=O) groups is 1. The van der Waals surface area contributed by atoms with E-state index in [4.69, 9.17) is 0 Å². The number of aryl methyl sites for hydroxylation is 1. The maximum absolute atomic E-state index is 13.0. The molecule has 0 unspecified atom stereocenters. The number of carbonyl (C=O) groups excluding carboxylic acids is 1. The Hall–Kier alpha value is -2.17. The molecule has 170 valence electrons. The summed E-state index contributed by atoms with van der Waals surface area (Å²) in [6.45, 7) is 8.48. The summed E-state index contributed by atoms with van der Waals surface area (Å²) in [7, 11) is 0. The summed E-state index contributed by atoms with van der Waals surface area (Å²) >= 11 is 0. The molecule has 0 radical (unpaired) electrons. The lowest BCUT2D eigenvalue weighted by Gasteiger charge is -2.41. The highest BCUT2D eigenvalue weighted by Gasteiger charge is 2.28. The number of hydrogen-bond acceptors (Lipinski definition) is 3. The lowest BCUT2D eigenvalue weighted by atomic mass is 9.93. The van der Waals surface area contributed by atoms with Crippen LogP contribution in [0, 0.1) is 6.92 Å². The third-order valence-corrected chi connectivity index (χ3v) is 7.77. The highest BCUT2D eigenvalue weighted by Crippen LogP contribution is 2.27. The number of rotatable bonds is 4. The monoisotopic (exact) mass is 431 g/mol. The van der Waals surface area contributed by atoms with Crippen LogP contribution in [0.15, 0.2) is 42.5 Å². The summed E-state index contributed by atoms with van der Waals surface area (Å²) in [5, 5.41) is 0. The van der Waals surface area contributed by atoms with Crippen LogP contribution < -0.4 is 0 Å². The number of amides is 1. The largest absolute Gasteiger partial charge is 0.339 e. The summed E-state index contributed by atoms with van der Waals surface area (Å²) in [6.07, 6.45) is 7.90. The van der Waals surface area contributed by atoms with Gasteiger partial charge in [-0.05, 0) is 48.4 Å². The van der Waals surface area contributed by atoms with Gasteiger partial charge in [0.15, 0.2) is 0 Å². The fraction of sp³-hybridized carbons (Fsp3) is 0.536. The molecular formula is C28H37N3O. The molecule has 2 aliphatic heterocycles. The van der Waals surface area contributed by atoms with Crippen molar-refractivity contribution >= 4 is 5.91 Å². The second-order valence-corrected chi connectivity index (χ2v) is 10.0. The van der Waals surface area contributed by atoms with E-state index in [0.29, 0.717) is 12.5 Å². The second kappa shape index (κ2) is 9.76. The summed E-state index contributed by atoms with van der Waals surface area (Å²) in [5.41, 5.74) is 6.70. The van der Waals surface area contributed by atoms with E-state index >= 15 is 0 Å². The van der Waals surface area contributed by atoms with Crippen LogP contribution in [0.5, 0.6) is 0 Å². The number of benzene rings is 2. The van der Waals surface area contributed by atoms with Crippen molar-refractivity contribution < 1.29 is 4.79 Å². The van der Waals surface area contributed by atoms with Crippen molar-refractivity contribution in [2.45, 2.75) is 58.0 Å². The molecule has 2 fully saturated rings. The molecule has 1 saturated carbocycles. The Morgan fingerprint density at radius 3 is 2.44 bits per heavy atom. The Labute approximate surface area is 193 Å². The molecule has 32 heavy (non-hydrogen) atoms. The highest BCUT2D eigenvalue weighted by molar-refractivity contribution is 5.78. The number of hydrogen-bond donors (Lipinski definition) is 0. The van der Waals surface area contributed by atoms with Gasteiger partial charge in [-0.3, -0.25) is 14.6 Å². The molecule has 2 aromatic carbocycles. The molecule has 1 aliphatic carbocycles. The molecule has 0 spiro atoms. The fourth-order valence-electron chi connectivity index (χ4n) is 5.82. The normalized spacial score (nSPS) is 20.8. The van der Waals surface area contributed by atoms with Gasteiger partial charge in [0.25, 0.3) is 0 Å². The Morgan fingerprint density at radius 2 is 1.66 bits per heavy atom. The van der Waals surface area contributed by atoms with Gasteiger partial charge in [-0.15, -0.1) is 0 Å². The van der Waals surface area contributed by atoms with Crippen molar-refractivity contribution in [3.63, 3.8) is 0 Å². The van der Waals surface area contributed by atoms with Crippen LogP contribution in [0.25, 0.3) is 11.1 Å². The minimum absolute atomic E-state index is 0.313. The van der Waals surface area contributed by atoms with E-state index in [-0.39, 0.29) is 0 Å². The lowest BCUT2D eigenvalue weighted by molar-refractivity contribution is -0.134. The molecule has 0 N–H and O–H groups in total. The molecule has 0 atom stereocenters. The zero-order valence-electron chi connectivity index (χ0n) is 19.6. The van der Waals surface area contributed by atoms with E-state index < -0.39 is 0 Å². The van der Waals surface area contributed by atoms with Crippen LogP contribution in [0.2, 0.25) is 0 Å². The minimum Gasteiger partial charge on any atom is -0.339 e. The molecule has 5 rings (SSSR count). The third-order valence-electron chi connectivity index (χ3n) is 7.77. The van der Waals surface area contributed by atoms with E-state index in [1.54, 1.807) is 0 Å². The van der Waals surface area contributed by atoms with E-state index in [0.717, 1.165) is 51.7 Å². The van der Waals surface area contributed by atoms with E-state index in [1.807, 2.05) is 0 Å². The van der Waals surface area contributed by atoms with E-state index in [9.17, 15) is 4.79 Å². The second-order valence-electron chi connectivity index (χ2n) is 10.0. The molecule has 4 nitrogen and oxygen atoms in total. The first kappa shape index (κ1) is 21.7. The highest BCUT2D eigenvalue weighted by atomic mass is 16.2. The van der Waals surface area contributed by atoms with Gasteiger partial charge in [0.05, 0.1) is 6.54 Å². The van der Waals surface area contributed by atoms with Crippen molar-refractivity contribution in [1.82, 2.24) is 14.7 Å². The zero-order chi connectivity index (χ0) is 21.9. The first-order chi connectivity index (χ1) is 15.7. The maximum Gasteiger partial charge on any atom is 0.236 e. The molecule has 1 amide bonds. The van der Waals surface area contributed by atoms with Gasteiger partial charge in [0.2, 0.25) is 5.91 Å². The van der Waals surface area contributed by atoms with Crippen molar-refractivity contribution in [2.24, 2.45) is 0 Å². The molecule has 0 aromatic heterocycles. The van der Waals surface area contributed by atoms with Gasteiger partial charge in [-0.1, -0.05) is 67.3 Å². The van der Waals surface area contributed by atoms with Gasteiger partial charge >= 0.3 is 0 Å². The molecule has 3 aliphatic rings. The zero-order valence-corrected chi connectivity index (χ0v) is 19.6. The molecule has 0 bridgehead atoms. The quantitative estimate of drug-likeness (QED) is 0.713. The Balaban J connectivity index is 1.15. The minimum atomic E-state index is 0.313. The van der Waals surface area contributed by atoms with Crippen LogP contribution in [0.1, 0.15) is 48.8 Å². The summed E-state index contributed by atoms with van der Waals surface area (Å²) in [4.78, 5) is 20.1. The van der Waals surface area contributed by atoms with Crippen LogP contribution in [-0.4, -0.2) is 65.9 Å². The predicted molar refractivity (Wildman–Crippen MR) is 131 cm³/mol. The number of piperazine rings is 1. The van der Waals surface area contributed by atoms with E-state index in [2.05, 4.69) is 64.1 Å². The SMILES string of the molecule is Cc1cccc(-c2ccc3c(c2)CCN(CC(=O)N2CCN(C4CCCCC4)CC2)C3)c1. The Kier molecular flexibility index (Phi) is 6.61. The summed E-state index contributed by atoms with van der Waals surface area (Å²) < 4.78 is 0. The average Bonchev–Trinajstić information content (AvgIpc) is 2.84. The van der Waals surface area contributed by atoms with Crippen LogP contribution >= 0.6 is 0 Å². The van der Waals surface area contributed by atoms with Crippen LogP contribution in [0.3, 0.4) is 0 Å². The molecule has 2 heterocycles. The molecular weight excluding hydrogens is 394 g/mol. The standard InChI is InChI=1S/C28H37N3O/c1-22-6-5-7-23(18-22)24-10-11-26-20-29(13-12-25(26)19-24)21-28(32)31-16-14-30(15-17-31)27-8-3-2-4-9-27/h5-7,10-11,18-19,27H,2-4,8-9,12-17,20-21H2,1H3. The smallest absolute Gasteiger partial charge is 0.236 e. The number of nitrogens with zero attached hydrogens (tertiary/aromatic N) is 3.